The van der Waals surface area contributed by atoms with Gasteiger partial charge >= 0.3 is 12.4 Å². The molecule has 0 aliphatic heterocycles. The molecule has 4 unspecified atom stereocenters. The Morgan fingerprint density at radius 1 is 1.00 bits per heavy atom. The van der Waals surface area contributed by atoms with Crippen molar-refractivity contribution in [2.24, 2.45) is 23.7 Å². The van der Waals surface area contributed by atoms with E-state index < -0.39 is 30.3 Å². The highest BCUT2D eigenvalue weighted by molar-refractivity contribution is 5.02. The summed E-state index contributed by atoms with van der Waals surface area (Å²) >= 11 is 0. The van der Waals surface area contributed by atoms with Gasteiger partial charge in [0.2, 0.25) is 0 Å². The molecule has 19 heavy (non-hydrogen) atoms. The molecule has 1 N–H and O–H groups in total. The van der Waals surface area contributed by atoms with Crippen molar-refractivity contribution in [2.45, 2.75) is 50.6 Å². The fourth-order valence-corrected chi connectivity index (χ4v) is 3.85. The SMILES string of the molecule is CC1C2CCC1C(CC(O)(C(F)(F)F)C(F)(F)F)C2. The summed E-state index contributed by atoms with van der Waals surface area (Å²) in [5, 5.41) is 9.21. The second-order valence-corrected chi connectivity index (χ2v) is 5.92. The molecule has 4 atom stereocenters. The summed E-state index contributed by atoms with van der Waals surface area (Å²) in [6.45, 7) is 1.88. The molecule has 0 spiro atoms. The molecule has 2 bridgehead atoms. The van der Waals surface area contributed by atoms with Crippen LogP contribution < -0.4 is 0 Å². The second-order valence-electron chi connectivity index (χ2n) is 5.92. The van der Waals surface area contributed by atoms with E-state index in [0.717, 1.165) is 6.42 Å². The molecular weight excluding hydrogens is 274 g/mol. The van der Waals surface area contributed by atoms with E-state index in [1.807, 2.05) is 6.92 Å². The van der Waals surface area contributed by atoms with Crippen LogP contribution in [0.15, 0.2) is 0 Å². The van der Waals surface area contributed by atoms with E-state index in [2.05, 4.69) is 0 Å². The average molecular weight is 290 g/mol. The first kappa shape index (κ1) is 14.9. The summed E-state index contributed by atoms with van der Waals surface area (Å²) in [5.41, 5.74) is -4.57. The van der Waals surface area contributed by atoms with Gasteiger partial charge in [-0.2, -0.15) is 26.3 Å². The van der Waals surface area contributed by atoms with Gasteiger partial charge < -0.3 is 5.11 Å². The first-order chi connectivity index (χ1) is 8.47. The van der Waals surface area contributed by atoms with Crippen LogP contribution in [0.1, 0.15) is 32.6 Å². The van der Waals surface area contributed by atoms with Gasteiger partial charge in [0.25, 0.3) is 5.60 Å². The van der Waals surface area contributed by atoms with Crippen LogP contribution in [-0.4, -0.2) is 23.1 Å². The molecule has 1 nitrogen and oxygen atoms in total. The smallest absolute Gasteiger partial charge is 0.374 e. The fraction of sp³-hybridized carbons (Fsp3) is 1.00. The minimum Gasteiger partial charge on any atom is -0.374 e. The maximum Gasteiger partial charge on any atom is 0.426 e. The van der Waals surface area contributed by atoms with Gasteiger partial charge in [0.05, 0.1) is 0 Å². The molecule has 2 saturated carbocycles. The summed E-state index contributed by atoms with van der Waals surface area (Å²) in [7, 11) is 0. The molecule has 7 heteroatoms. The van der Waals surface area contributed by atoms with Crippen molar-refractivity contribution in [3.8, 4) is 0 Å². The summed E-state index contributed by atoms with van der Waals surface area (Å²) in [6, 6.07) is 0. The van der Waals surface area contributed by atoms with E-state index in [4.69, 9.17) is 0 Å². The molecule has 0 saturated heterocycles. The number of aliphatic hydroxyl groups is 1. The number of hydrogen-bond donors (Lipinski definition) is 1. The van der Waals surface area contributed by atoms with Gasteiger partial charge in [0.1, 0.15) is 0 Å². The van der Waals surface area contributed by atoms with Gasteiger partial charge in [-0.05, 0) is 49.4 Å². The van der Waals surface area contributed by atoms with Crippen LogP contribution in [0.4, 0.5) is 26.3 Å². The lowest BCUT2D eigenvalue weighted by molar-refractivity contribution is -0.373. The maximum absolute atomic E-state index is 12.6. The molecule has 0 heterocycles. The molecular formula is C12H16F6O. The fourth-order valence-electron chi connectivity index (χ4n) is 3.85. The third-order valence-corrected chi connectivity index (χ3v) is 5.00. The van der Waals surface area contributed by atoms with Gasteiger partial charge in [0.15, 0.2) is 0 Å². The van der Waals surface area contributed by atoms with Crippen molar-refractivity contribution in [3.05, 3.63) is 0 Å². The van der Waals surface area contributed by atoms with Crippen molar-refractivity contribution in [2.75, 3.05) is 0 Å². The van der Waals surface area contributed by atoms with Gasteiger partial charge in [-0.25, -0.2) is 0 Å². The van der Waals surface area contributed by atoms with Crippen molar-refractivity contribution >= 4 is 0 Å². The molecule has 2 aliphatic rings. The van der Waals surface area contributed by atoms with Gasteiger partial charge in [0, 0.05) is 0 Å². The lowest BCUT2D eigenvalue weighted by Gasteiger charge is -2.36. The number of alkyl halides is 6. The van der Waals surface area contributed by atoms with Crippen LogP contribution in [0.2, 0.25) is 0 Å². The Morgan fingerprint density at radius 3 is 1.84 bits per heavy atom. The Labute approximate surface area is 107 Å². The Kier molecular flexibility index (Phi) is 3.35. The third-order valence-electron chi connectivity index (χ3n) is 5.00. The molecule has 112 valence electrons. The summed E-state index contributed by atoms with van der Waals surface area (Å²) in [5.74, 6) is -0.445. The molecule has 0 amide bonds. The Balaban J connectivity index is 2.19. The first-order valence-electron chi connectivity index (χ1n) is 6.33. The minimum atomic E-state index is -5.68. The highest BCUT2D eigenvalue weighted by Crippen LogP contribution is 2.57. The van der Waals surface area contributed by atoms with Crippen LogP contribution in [0.25, 0.3) is 0 Å². The molecule has 0 aromatic carbocycles. The quantitative estimate of drug-likeness (QED) is 0.764. The molecule has 2 fully saturated rings. The van der Waals surface area contributed by atoms with E-state index in [0.29, 0.717) is 12.8 Å². The summed E-state index contributed by atoms with van der Waals surface area (Å²) in [6.07, 6.45) is -10.7. The zero-order chi connectivity index (χ0) is 14.6. The van der Waals surface area contributed by atoms with Crippen molar-refractivity contribution in [3.63, 3.8) is 0 Å². The highest BCUT2D eigenvalue weighted by Gasteiger charge is 2.71. The third kappa shape index (κ3) is 2.23. The number of rotatable bonds is 2. The summed E-state index contributed by atoms with van der Waals surface area (Å²) < 4.78 is 75.7. The summed E-state index contributed by atoms with van der Waals surface area (Å²) in [4.78, 5) is 0. The molecule has 2 rings (SSSR count). The van der Waals surface area contributed by atoms with Crippen LogP contribution in [0, 0.1) is 23.7 Å². The van der Waals surface area contributed by atoms with Crippen LogP contribution in [0.5, 0.6) is 0 Å². The zero-order valence-electron chi connectivity index (χ0n) is 10.4. The second kappa shape index (κ2) is 4.27. The number of halogens is 6. The molecule has 2 aliphatic carbocycles. The predicted molar refractivity (Wildman–Crippen MR) is 55.2 cm³/mol. The van der Waals surface area contributed by atoms with Crippen molar-refractivity contribution in [1.29, 1.82) is 0 Å². The highest BCUT2D eigenvalue weighted by atomic mass is 19.4. The van der Waals surface area contributed by atoms with Crippen LogP contribution in [0.3, 0.4) is 0 Å². The van der Waals surface area contributed by atoms with E-state index >= 15 is 0 Å². The van der Waals surface area contributed by atoms with E-state index in [1.54, 1.807) is 0 Å². The minimum absolute atomic E-state index is 0.124. The normalized spacial score (nSPS) is 36.0. The topological polar surface area (TPSA) is 20.2 Å². The van der Waals surface area contributed by atoms with Gasteiger partial charge in [-0.1, -0.05) is 6.92 Å². The number of fused-ring (bicyclic) bond motifs is 2. The lowest BCUT2D eigenvalue weighted by Crippen LogP contribution is -2.58. The predicted octanol–water partition coefficient (Wildman–Crippen LogP) is 3.91. The van der Waals surface area contributed by atoms with Gasteiger partial charge in [-0.15, -0.1) is 0 Å². The van der Waals surface area contributed by atoms with E-state index in [-0.39, 0.29) is 17.8 Å². The zero-order valence-corrected chi connectivity index (χ0v) is 10.4. The molecule has 0 aromatic rings. The standard InChI is InChI=1S/C12H16F6O/c1-6-7-2-3-9(6)8(4-7)5-10(19,11(13,14)15)12(16,17)18/h6-9,19H,2-5H2,1H3. The van der Waals surface area contributed by atoms with E-state index in [1.165, 1.54) is 0 Å². The van der Waals surface area contributed by atoms with Crippen molar-refractivity contribution in [1.82, 2.24) is 0 Å². The van der Waals surface area contributed by atoms with Gasteiger partial charge in [-0.3, -0.25) is 0 Å². The van der Waals surface area contributed by atoms with Crippen LogP contribution in [-0.2, 0) is 0 Å². The Morgan fingerprint density at radius 2 is 1.53 bits per heavy atom. The first-order valence-corrected chi connectivity index (χ1v) is 6.33. The average Bonchev–Trinajstić information content (AvgIpc) is 2.70. The monoisotopic (exact) mass is 290 g/mol. The largest absolute Gasteiger partial charge is 0.426 e. The molecule has 0 radical (unpaired) electrons. The Bertz CT molecular complexity index is 333. The van der Waals surface area contributed by atoms with Crippen molar-refractivity contribution < 1.29 is 31.4 Å². The Hall–Kier alpha value is -0.460. The lowest BCUT2D eigenvalue weighted by atomic mass is 9.79. The van der Waals surface area contributed by atoms with Crippen LogP contribution >= 0.6 is 0 Å². The maximum atomic E-state index is 12.6. The molecule has 0 aromatic heterocycles. The number of hydrogen-bond acceptors (Lipinski definition) is 1. The van der Waals surface area contributed by atoms with E-state index in [9.17, 15) is 31.4 Å².